The minimum Gasteiger partial charge on any atom is -0.332 e. The minimum atomic E-state index is -4.54. The molecule has 5 rings (SSSR count). The molecular weight excluding hydrogens is 511 g/mol. The number of hydrogen-bond donors (Lipinski definition) is 0. The molecule has 1 aliphatic rings. The molecule has 2 aromatic carbocycles. The highest BCUT2D eigenvalue weighted by Crippen LogP contribution is 2.30. The predicted molar refractivity (Wildman–Crippen MR) is 143 cm³/mol. The number of aryl methyl sites for hydroxylation is 2. The van der Waals surface area contributed by atoms with Crippen LogP contribution in [0.25, 0.3) is 10.9 Å². The first-order valence-electron chi connectivity index (χ1n) is 12.4. The lowest BCUT2D eigenvalue weighted by atomic mass is 10.0. The topological polar surface area (TPSA) is 55.2 Å². The van der Waals surface area contributed by atoms with Crippen molar-refractivity contribution in [3.8, 4) is 0 Å². The van der Waals surface area contributed by atoms with E-state index in [-0.39, 0.29) is 17.7 Å². The van der Waals surface area contributed by atoms with Gasteiger partial charge in [-0.2, -0.15) is 24.9 Å². The lowest BCUT2D eigenvalue weighted by Crippen LogP contribution is -2.33. The van der Waals surface area contributed by atoms with Gasteiger partial charge in [0.05, 0.1) is 23.3 Å². The molecule has 0 N–H and O–H groups in total. The van der Waals surface area contributed by atoms with Crippen molar-refractivity contribution in [1.29, 1.82) is 0 Å². The molecule has 0 saturated heterocycles. The highest BCUT2D eigenvalue weighted by Gasteiger charge is 2.31. The van der Waals surface area contributed by atoms with Crippen LogP contribution < -0.4 is 5.56 Å². The molecule has 0 atom stereocenters. The summed E-state index contributed by atoms with van der Waals surface area (Å²) in [4.78, 5) is 32.2. The number of nitrogens with zero attached hydrogens (tertiary/aromatic N) is 3. The summed E-state index contributed by atoms with van der Waals surface area (Å²) in [6.45, 7) is 1.17. The summed E-state index contributed by atoms with van der Waals surface area (Å²) in [6.07, 6.45) is -1.02. The maximum Gasteiger partial charge on any atom is 0.416 e. The van der Waals surface area contributed by atoms with E-state index >= 15 is 0 Å². The van der Waals surface area contributed by atoms with Gasteiger partial charge < -0.3 is 9.47 Å². The van der Waals surface area contributed by atoms with Crippen molar-refractivity contribution >= 4 is 28.6 Å². The van der Waals surface area contributed by atoms with E-state index in [0.717, 1.165) is 35.9 Å². The number of aromatic nitrogens is 2. The van der Waals surface area contributed by atoms with Crippen LogP contribution >= 0.6 is 11.8 Å². The maximum atomic E-state index is 13.3. The lowest BCUT2D eigenvalue weighted by molar-refractivity contribution is -0.137. The number of carbonyl (C=O) groups excluding carboxylic acids is 1. The van der Waals surface area contributed by atoms with Crippen molar-refractivity contribution in [2.75, 3.05) is 12.3 Å². The Hall–Kier alpha value is -3.59. The van der Waals surface area contributed by atoms with Gasteiger partial charge in [0, 0.05) is 41.9 Å². The fourth-order valence-corrected chi connectivity index (χ4v) is 5.76. The first-order chi connectivity index (χ1) is 18.3. The van der Waals surface area contributed by atoms with E-state index in [0.29, 0.717) is 35.9 Å². The molecule has 2 aromatic heterocycles. The van der Waals surface area contributed by atoms with Gasteiger partial charge in [-0.1, -0.05) is 30.3 Å². The zero-order valence-electron chi connectivity index (χ0n) is 20.6. The third kappa shape index (κ3) is 5.62. The van der Waals surface area contributed by atoms with Crippen LogP contribution in [0.5, 0.6) is 0 Å². The van der Waals surface area contributed by atoms with Crippen molar-refractivity contribution in [3.05, 3.63) is 111 Å². The summed E-state index contributed by atoms with van der Waals surface area (Å²) >= 11 is 1.52. The van der Waals surface area contributed by atoms with Gasteiger partial charge in [-0.15, -0.1) is 0 Å². The van der Waals surface area contributed by atoms with Gasteiger partial charge in [0.2, 0.25) is 0 Å². The van der Waals surface area contributed by atoms with E-state index in [1.807, 2.05) is 22.8 Å². The van der Waals surface area contributed by atoms with Crippen LogP contribution in [0.15, 0.2) is 77.7 Å². The first-order valence-corrected chi connectivity index (χ1v) is 13.6. The molecule has 1 amide bonds. The van der Waals surface area contributed by atoms with Crippen molar-refractivity contribution in [2.45, 2.75) is 37.9 Å². The van der Waals surface area contributed by atoms with Gasteiger partial charge in [-0.3, -0.25) is 14.6 Å². The summed E-state index contributed by atoms with van der Waals surface area (Å²) < 4.78 is 41.6. The Bertz CT molecular complexity index is 1520. The summed E-state index contributed by atoms with van der Waals surface area (Å²) in [5, 5.41) is 1.05. The number of alkyl halides is 3. The number of pyridine rings is 2. The van der Waals surface area contributed by atoms with Crippen LogP contribution in [0.4, 0.5) is 13.2 Å². The van der Waals surface area contributed by atoms with Gasteiger partial charge >= 0.3 is 6.18 Å². The van der Waals surface area contributed by atoms with Crippen LogP contribution in [0.2, 0.25) is 0 Å². The SMILES string of the molecule is O=C(c1cccc(C(F)(F)F)c1)N(CCSCc1cc2cccc3c2n(c1=O)CCC3)Cc1ccccn1. The van der Waals surface area contributed by atoms with E-state index in [1.165, 1.54) is 34.4 Å². The second-order valence-electron chi connectivity index (χ2n) is 9.26. The van der Waals surface area contributed by atoms with E-state index in [9.17, 15) is 22.8 Å². The van der Waals surface area contributed by atoms with E-state index in [2.05, 4.69) is 11.1 Å². The normalized spacial score (nSPS) is 13.0. The van der Waals surface area contributed by atoms with Gasteiger partial charge in [-0.25, -0.2) is 0 Å². The van der Waals surface area contributed by atoms with Crippen molar-refractivity contribution in [3.63, 3.8) is 0 Å². The quantitative estimate of drug-likeness (QED) is 0.261. The molecule has 1 aliphatic heterocycles. The van der Waals surface area contributed by atoms with Gasteiger partial charge in [-0.05, 0) is 60.2 Å². The van der Waals surface area contributed by atoms with Crippen LogP contribution in [-0.2, 0) is 31.4 Å². The Kier molecular flexibility index (Phi) is 7.56. The monoisotopic (exact) mass is 537 g/mol. The van der Waals surface area contributed by atoms with E-state index in [1.54, 1.807) is 24.4 Å². The molecule has 3 heterocycles. The largest absolute Gasteiger partial charge is 0.416 e. The summed E-state index contributed by atoms with van der Waals surface area (Å²) in [6, 6.07) is 17.9. The summed E-state index contributed by atoms with van der Waals surface area (Å²) in [7, 11) is 0. The summed E-state index contributed by atoms with van der Waals surface area (Å²) in [5.41, 5.74) is 2.70. The molecule has 196 valence electrons. The molecule has 4 aromatic rings. The second kappa shape index (κ2) is 11.0. The zero-order valence-corrected chi connectivity index (χ0v) is 21.4. The number of rotatable bonds is 8. The van der Waals surface area contributed by atoms with Crippen molar-refractivity contribution < 1.29 is 18.0 Å². The van der Waals surface area contributed by atoms with Crippen molar-refractivity contribution in [1.82, 2.24) is 14.5 Å². The molecule has 0 spiro atoms. The number of thioether (sulfide) groups is 1. The average molecular weight is 538 g/mol. The standard InChI is InChI=1S/C29H26F3N3O2S/c30-29(31,32)24-10-4-8-22(17-24)27(36)34(18-25-11-1-2-12-33-25)14-15-38-19-23-16-21-7-3-6-20-9-5-13-35(26(20)21)28(23)37/h1-4,6-8,10-12,16-17H,5,9,13-15,18-19H2. The molecule has 0 radical (unpaired) electrons. The molecule has 9 heteroatoms. The maximum absolute atomic E-state index is 13.3. The number of hydrogen-bond acceptors (Lipinski definition) is 4. The Labute approximate surface area is 222 Å². The third-order valence-corrected chi connectivity index (χ3v) is 7.65. The molecule has 0 fully saturated rings. The smallest absolute Gasteiger partial charge is 0.332 e. The number of halogens is 3. The molecule has 5 nitrogen and oxygen atoms in total. The molecule has 0 bridgehead atoms. The fourth-order valence-electron chi connectivity index (χ4n) is 4.83. The van der Waals surface area contributed by atoms with E-state index in [4.69, 9.17) is 0 Å². The van der Waals surface area contributed by atoms with Crippen LogP contribution in [0, 0.1) is 0 Å². The number of para-hydroxylation sites is 1. The zero-order chi connectivity index (χ0) is 26.7. The Morgan fingerprint density at radius 3 is 2.68 bits per heavy atom. The average Bonchev–Trinajstić information content (AvgIpc) is 2.92. The highest BCUT2D eigenvalue weighted by molar-refractivity contribution is 7.98. The highest BCUT2D eigenvalue weighted by atomic mass is 32.2. The second-order valence-corrected chi connectivity index (χ2v) is 10.4. The summed E-state index contributed by atoms with van der Waals surface area (Å²) in [5.74, 6) is 0.494. The van der Waals surface area contributed by atoms with Crippen LogP contribution in [-0.4, -0.2) is 32.7 Å². The van der Waals surface area contributed by atoms with Gasteiger partial charge in [0.15, 0.2) is 0 Å². The number of carbonyl (C=O) groups is 1. The van der Waals surface area contributed by atoms with Crippen molar-refractivity contribution in [2.24, 2.45) is 0 Å². The Balaban J connectivity index is 1.32. The Morgan fingerprint density at radius 1 is 1.05 bits per heavy atom. The lowest BCUT2D eigenvalue weighted by Gasteiger charge is -2.23. The number of benzene rings is 2. The molecule has 0 saturated carbocycles. The first kappa shape index (κ1) is 26.0. The molecule has 0 unspecified atom stereocenters. The molecule has 0 aliphatic carbocycles. The predicted octanol–water partition coefficient (Wildman–Crippen LogP) is 5.94. The molecule has 38 heavy (non-hydrogen) atoms. The van der Waals surface area contributed by atoms with E-state index < -0.39 is 17.6 Å². The number of amides is 1. The van der Waals surface area contributed by atoms with Gasteiger partial charge in [0.25, 0.3) is 11.5 Å². The van der Waals surface area contributed by atoms with Crippen LogP contribution in [0.1, 0.15) is 39.2 Å². The Morgan fingerprint density at radius 2 is 1.89 bits per heavy atom. The third-order valence-electron chi connectivity index (χ3n) is 6.66. The molecular formula is C29H26F3N3O2S. The minimum absolute atomic E-state index is 0.0162. The fraction of sp³-hybridized carbons (Fsp3) is 0.276. The van der Waals surface area contributed by atoms with Gasteiger partial charge in [0.1, 0.15) is 0 Å². The van der Waals surface area contributed by atoms with Crippen LogP contribution in [0.3, 0.4) is 0 Å².